The van der Waals surface area contributed by atoms with Crippen LogP contribution < -0.4 is 10.2 Å². The van der Waals surface area contributed by atoms with Crippen molar-refractivity contribution >= 4 is 17.7 Å². The molecule has 22 heavy (non-hydrogen) atoms. The van der Waals surface area contributed by atoms with Crippen LogP contribution in [0.4, 0.5) is 11.8 Å². The van der Waals surface area contributed by atoms with E-state index in [-0.39, 0.29) is 5.91 Å². The molecule has 1 saturated heterocycles. The van der Waals surface area contributed by atoms with Gasteiger partial charge in [0.2, 0.25) is 5.95 Å². The van der Waals surface area contributed by atoms with Gasteiger partial charge < -0.3 is 14.7 Å². The van der Waals surface area contributed by atoms with Crippen LogP contribution in [-0.4, -0.2) is 34.1 Å². The first-order valence-electron chi connectivity index (χ1n) is 7.43. The van der Waals surface area contributed by atoms with Crippen molar-refractivity contribution in [1.29, 1.82) is 0 Å². The first kappa shape index (κ1) is 14.5. The molecule has 116 valence electrons. The minimum absolute atomic E-state index is 0.299. The first-order valence-corrected chi connectivity index (χ1v) is 7.43. The van der Waals surface area contributed by atoms with Gasteiger partial charge in [0, 0.05) is 31.5 Å². The van der Waals surface area contributed by atoms with Gasteiger partial charge in [-0.2, -0.15) is 0 Å². The molecule has 1 aliphatic heterocycles. The van der Waals surface area contributed by atoms with Crippen LogP contribution >= 0.6 is 0 Å². The summed E-state index contributed by atoms with van der Waals surface area (Å²) in [6.45, 7) is 5.92. The van der Waals surface area contributed by atoms with E-state index in [1.165, 1.54) is 6.42 Å². The van der Waals surface area contributed by atoms with Crippen molar-refractivity contribution < 1.29 is 9.32 Å². The number of carbonyl (C=O) groups excluding carboxylic acids is 1. The third-order valence-corrected chi connectivity index (χ3v) is 3.71. The fourth-order valence-corrected chi connectivity index (χ4v) is 2.59. The van der Waals surface area contributed by atoms with Gasteiger partial charge in [0.05, 0.1) is 5.56 Å². The van der Waals surface area contributed by atoms with Gasteiger partial charge in [-0.05, 0) is 25.7 Å². The van der Waals surface area contributed by atoms with Crippen LogP contribution in [0.3, 0.4) is 0 Å². The Balaban J connectivity index is 1.67. The maximum atomic E-state index is 12.1. The molecule has 0 radical (unpaired) electrons. The highest BCUT2D eigenvalue weighted by Crippen LogP contribution is 2.19. The zero-order valence-corrected chi connectivity index (χ0v) is 12.7. The summed E-state index contributed by atoms with van der Waals surface area (Å²) in [6.07, 6.45) is 5.49. The van der Waals surface area contributed by atoms with Crippen LogP contribution in [0, 0.1) is 12.8 Å². The average Bonchev–Trinajstić information content (AvgIpc) is 2.92. The van der Waals surface area contributed by atoms with E-state index in [1.54, 1.807) is 25.4 Å². The summed E-state index contributed by atoms with van der Waals surface area (Å²) in [5, 5.41) is 6.37. The van der Waals surface area contributed by atoms with Crippen molar-refractivity contribution in [1.82, 2.24) is 15.1 Å². The Morgan fingerprint density at radius 2 is 2.18 bits per heavy atom. The molecule has 0 saturated carbocycles. The fraction of sp³-hybridized carbons (Fsp3) is 0.467. The van der Waals surface area contributed by atoms with E-state index in [0.717, 1.165) is 19.5 Å². The molecule has 1 N–H and O–H groups in total. The number of aryl methyl sites for hydroxylation is 1. The molecule has 7 heteroatoms. The van der Waals surface area contributed by atoms with E-state index in [4.69, 9.17) is 4.52 Å². The maximum absolute atomic E-state index is 12.1. The molecule has 0 aliphatic carbocycles. The number of aromatic nitrogens is 3. The van der Waals surface area contributed by atoms with Crippen molar-refractivity contribution in [3.8, 4) is 0 Å². The maximum Gasteiger partial charge on any atom is 0.260 e. The number of anilines is 2. The molecule has 0 spiro atoms. The van der Waals surface area contributed by atoms with Crippen molar-refractivity contribution in [2.75, 3.05) is 23.3 Å². The van der Waals surface area contributed by atoms with E-state index in [0.29, 0.717) is 29.0 Å². The molecule has 1 atom stereocenters. The van der Waals surface area contributed by atoms with Gasteiger partial charge in [-0.1, -0.05) is 12.1 Å². The molecule has 2 aromatic heterocycles. The summed E-state index contributed by atoms with van der Waals surface area (Å²) < 4.78 is 4.91. The second-order valence-corrected chi connectivity index (χ2v) is 5.74. The third kappa shape index (κ3) is 3.24. The Labute approximate surface area is 128 Å². The second-order valence-electron chi connectivity index (χ2n) is 5.74. The lowest BCUT2D eigenvalue weighted by atomic mass is 10.0. The number of nitrogens with one attached hydrogen (secondary N) is 1. The molecule has 2 aromatic rings. The van der Waals surface area contributed by atoms with Gasteiger partial charge in [-0.25, -0.2) is 9.97 Å². The molecule has 1 amide bonds. The molecular formula is C15H19N5O2. The van der Waals surface area contributed by atoms with Gasteiger partial charge in [-0.15, -0.1) is 0 Å². The van der Waals surface area contributed by atoms with E-state index in [9.17, 15) is 4.79 Å². The van der Waals surface area contributed by atoms with E-state index >= 15 is 0 Å². The molecule has 1 aliphatic rings. The number of amides is 1. The van der Waals surface area contributed by atoms with Crippen LogP contribution in [0.2, 0.25) is 0 Å². The lowest BCUT2D eigenvalue weighted by Crippen LogP contribution is -2.35. The molecule has 0 bridgehead atoms. The highest BCUT2D eigenvalue weighted by molar-refractivity contribution is 6.03. The smallest absolute Gasteiger partial charge is 0.260 e. The normalized spacial score (nSPS) is 18.3. The molecule has 0 aromatic carbocycles. The van der Waals surface area contributed by atoms with Crippen molar-refractivity contribution in [3.63, 3.8) is 0 Å². The Morgan fingerprint density at radius 3 is 2.82 bits per heavy atom. The quantitative estimate of drug-likeness (QED) is 0.936. The lowest BCUT2D eigenvalue weighted by Gasteiger charge is -2.30. The second kappa shape index (κ2) is 6.13. The highest BCUT2D eigenvalue weighted by Gasteiger charge is 2.19. The van der Waals surface area contributed by atoms with Crippen molar-refractivity contribution in [2.24, 2.45) is 5.92 Å². The summed E-state index contributed by atoms with van der Waals surface area (Å²) in [7, 11) is 0. The topological polar surface area (TPSA) is 84.2 Å². The molecular weight excluding hydrogens is 282 g/mol. The van der Waals surface area contributed by atoms with Gasteiger partial charge >= 0.3 is 0 Å². The summed E-state index contributed by atoms with van der Waals surface area (Å²) in [5.74, 6) is 2.06. The minimum Gasteiger partial charge on any atom is -0.360 e. The van der Waals surface area contributed by atoms with Gasteiger partial charge in [0.15, 0.2) is 5.82 Å². The van der Waals surface area contributed by atoms with Crippen LogP contribution in [-0.2, 0) is 0 Å². The Hall–Kier alpha value is -2.44. The monoisotopic (exact) mass is 301 g/mol. The number of nitrogens with zero attached hydrogens (tertiary/aromatic N) is 4. The lowest BCUT2D eigenvalue weighted by molar-refractivity contribution is 0.102. The number of piperidine rings is 1. The van der Waals surface area contributed by atoms with E-state index < -0.39 is 0 Å². The first-order chi connectivity index (χ1) is 10.6. The molecule has 1 fully saturated rings. The molecule has 1 unspecified atom stereocenters. The van der Waals surface area contributed by atoms with E-state index in [2.05, 4.69) is 32.3 Å². The van der Waals surface area contributed by atoms with Gasteiger partial charge in [0.1, 0.15) is 5.76 Å². The Kier molecular flexibility index (Phi) is 4.04. The van der Waals surface area contributed by atoms with Gasteiger partial charge in [-0.3, -0.25) is 4.79 Å². The van der Waals surface area contributed by atoms with Crippen LogP contribution in [0.25, 0.3) is 0 Å². The number of carbonyl (C=O) groups is 1. The zero-order valence-electron chi connectivity index (χ0n) is 12.7. The highest BCUT2D eigenvalue weighted by atomic mass is 16.5. The van der Waals surface area contributed by atoms with Crippen molar-refractivity contribution in [3.05, 3.63) is 29.8 Å². The minimum atomic E-state index is -0.299. The predicted octanol–water partition coefficient (Wildman–Crippen LogP) is 2.26. The summed E-state index contributed by atoms with van der Waals surface area (Å²) >= 11 is 0. The van der Waals surface area contributed by atoms with Crippen molar-refractivity contribution in [2.45, 2.75) is 26.7 Å². The van der Waals surface area contributed by atoms with Crippen LogP contribution in [0.1, 0.15) is 35.9 Å². The van der Waals surface area contributed by atoms with Crippen LogP contribution in [0.15, 0.2) is 23.0 Å². The van der Waals surface area contributed by atoms with Crippen LogP contribution in [0.5, 0.6) is 0 Å². The summed E-state index contributed by atoms with van der Waals surface area (Å²) in [6, 6.07) is 1.66. The van der Waals surface area contributed by atoms with Gasteiger partial charge in [0.25, 0.3) is 5.91 Å². The SMILES string of the molecule is Cc1cc(NC(=O)c2cnc(N3CCCC(C)C3)nc2)no1. The number of hydrogen-bond acceptors (Lipinski definition) is 6. The molecule has 3 rings (SSSR count). The average molecular weight is 301 g/mol. The Morgan fingerprint density at radius 1 is 1.41 bits per heavy atom. The third-order valence-electron chi connectivity index (χ3n) is 3.71. The zero-order chi connectivity index (χ0) is 15.5. The molecule has 3 heterocycles. The van der Waals surface area contributed by atoms with E-state index in [1.807, 2.05) is 0 Å². The standard InChI is InChI=1S/C15H19N5O2/c1-10-4-3-5-20(9-10)15-16-7-12(8-17-15)14(21)18-13-6-11(2)22-19-13/h6-8,10H,3-5,9H2,1-2H3,(H,18,19,21). The predicted molar refractivity (Wildman–Crippen MR) is 81.8 cm³/mol. The summed E-state index contributed by atoms with van der Waals surface area (Å²) in [4.78, 5) is 22.9. The Bertz CT molecular complexity index is 652. The fourth-order valence-electron chi connectivity index (χ4n) is 2.59. The summed E-state index contributed by atoms with van der Waals surface area (Å²) in [5.41, 5.74) is 0.398. The number of rotatable bonds is 3. The molecule has 7 nitrogen and oxygen atoms in total. The largest absolute Gasteiger partial charge is 0.360 e. The number of hydrogen-bond donors (Lipinski definition) is 1.